The number of ether oxygens (including phenoxy) is 1. The lowest BCUT2D eigenvalue weighted by Crippen LogP contribution is -2.51. The Hall–Kier alpha value is -2.78. The van der Waals surface area contributed by atoms with Crippen molar-refractivity contribution in [3.63, 3.8) is 0 Å². The van der Waals surface area contributed by atoms with Crippen LogP contribution in [-0.4, -0.2) is 63.6 Å². The molecular formula is C21H30N8O. The fraction of sp³-hybridized carbons (Fsp3) is 0.524. The van der Waals surface area contributed by atoms with Crippen LogP contribution in [-0.2, 0) is 11.3 Å². The maximum absolute atomic E-state index is 5.52. The Kier molecular flexibility index (Phi) is 6.39. The second-order valence-corrected chi connectivity index (χ2v) is 7.52. The summed E-state index contributed by atoms with van der Waals surface area (Å²) in [4.78, 5) is 16.5. The summed E-state index contributed by atoms with van der Waals surface area (Å²) < 4.78 is 7.42. The predicted octanol–water partition coefficient (Wildman–Crippen LogP) is 2.50. The number of fused-ring (bicyclic) bond motifs is 1. The first kappa shape index (κ1) is 20.5. The van der Waals surface area contributed by atoms with Gasteiger partial charge in [0.1, 0.15) is 16.9 Å². The summed E-state index contributed by atoms with van der Waals surface area (Å²) in [6.45, 7) is 10.8. The number of pyridine rings is 1. The molecule has 4 rings (SSSR count). The summed E-state index contributed by atoms with van der Waals surface area (Å²) in [6.07, 6.45) is 4.72. The highest BCUT2D eigenvalue weighted by Gasteiger charge is 2.22. The van der Waals surface area contributed by atoms with Gasteiger partial charge in [-0.05, 0) is 31.9 Å². The summed E-state index contributed by atoms with van der Waals surface area (Å²) in [6, 6.07) is 4.44. The van der Waals surface area contributed by atoms with Crippen LogP contribution < -0.4 is 15.5 Å². The van der Waals surface area contributed by atoms with Gasteiger partial charge in [0.15, 0.2) is 5.82 Å². The zero-order chi connectivity index (χ0) is 20.9. The van der Waals surface area contributed by atoms with E-state index in [9.17, 15) is 0 Å². The third kappa shape index (κ3) is 4.52. The van der Waals surface area contributed by atoms with Crippen molar-refractivity contribution in [1.82, 2.24) is 30.0 Å². The smallest absolute Gasteiger partial charge is 0.228 e. The van der Waals surface area contributed by atoms with Crippen molar-refractivity contribution in [1.29, 1.82) is 0 Å². The molecule has 3 aromatic rings. The highest BCUT2D eigenvalue weighted by molar-refractivity contribution is 5.88. The molecule has 4 heterocycles. The van der Waals surface area contributed by atoms with E-state index in [1.165, 1.54) is 0 Å². The molecule has 1 saturated heterocycles. The Bertz CT molecular complexity index is 971. The van der Waals surface area contributed by atoms with Crippen molar-refractivity contribution in [2.75, 3.05) is 43.1 Å². The Morgan fingerprint density at radius 1 is 1.23 bits per heavy atom. The van der Waals surface area contributed by atoms with Crippen LogP contribution in [0.2, 0.25) is 0 Å². The summed E-state index contributed by atoms with van der Waals surface area (Å²) in [5.41, 5.74) is 2.79. The van der Waals surface area contributed by atoms with Crippen LogP contribution in [0, 0.1) is 6.92 Å². The van der Waals surface area contributed by atoms with Gasteiger partial charge in [0.2, 0.25) is 5.95 Å². The van der Waals surface area contributed by atoms with Gasteiger partial charge in [-0.15, -0.1) is 0 Å². The second kappa shape index (κ2) is 9.36. The van der Waals surface area contributed by atoms with Crippen molar-refractivity contribution in [2.45, 2.75) is 39.8 Å². The quantitative estimate of drug-likeness (QED) is 0.547. The molecule has 2 N–H and O–H groups in total. The monoisotopic (exact) mass is 410 g/mol. The molecule has 1 aliphatic heterocycles. The third-order valence-electron chi connectivity index (χ3n) is 5.32. The molecule has 0 aliphatic carbocycles. The van der Waals surface area contributed by atoms with Gasteiger partial charge in [0.25, 0.3) is 0 Å². The zero-order valence-corrected chi connectivity index (χ0v) is 17.9. The average molecular weight is 411 g/mol. The Balaban J connectivity index is 1.71. The van der Waals surface area contributed by atoms with E-state index < -0.39 is 0 Å². The molecule has 0 amide bonds. The van der Waals surface area contributed by atoms with Crippen LogP contribution in [0.15, 0.2) is 24.5 Å². The minimum Gasteiger partial charge on any atom is -0.380 e. The zero-order valence-electron chi connectivity index (χ0n) is 17.9. The van der Waals surface area contributed by atoms with E-state index in [4.69, 9.17) is 14.7 Å². The Labute approximate surface area is 176 Å². The third-order valence-corrected chi connectivity index (χ3v) is 5.32. The Morgan fingerprint density at radius 2 is 2.13 bits per heavy atom. The molecule has 1 fully saturated rings. The largest absolute Gasteiger partial charge is 0.380 e. The van der Waals surface area contributed by atoms with Gasteiger partial charge in [0.05, 0.1) is 19.3 Å². The lowest BCUT2D eigenvalue weighted by atomic mass is 10.2. The minimum absolute atomic E-state index is 0.446. The molecule has 9 nitrogen and oxygen atoms in total. The van der Waals surface area contributed by atoms with Gasteiger partial charge < -0.3 is 20.3 Å². The number of hydrogen-bond acceptors (Lipinski definition) is 8. The predicted molar refractivity (Wildman–Crippen MR) is 118 cm³/mol. The van der Waals surface area contributed by atoms with Crippen molar-refractivity contribution in [3.8, 4) is 0 Å². The topological polar surface area (TPSA) is 93.0 Å². The molecule has 30 heavy (non-hydrogen) atoms. The first-order chi connectivity index (χ1) is 14.7. The van der Waals surface area contributed by atoms with Crippen LogP contribution in [0.25, 0.3) is 11.0 Å². The van der Waals surface area contributed by atoms with E-state index in [2.05, 4.69) is 32.5 Å². The Morgan fingerprint density at radius 3 is 2.90 bits per heavy atom. The van der Waals surface area contributed by atoms with Crippen molar-refractivity contribution in [2.24, 2.45) is 0 Å². The number of hydrogen-bond donors (Lipinski definition) is 2. The summed E-state index contributed by atoms with van der Waals surface area (Å²) >= 11 is 0. The van der Waals surface area contributed by atoms with Crippen molar-refractivity contribution in [3.05, 3.63) is 30.1 Å². The van der Waals surface area contributed by atoms with Crippen LogP contribution in [0.5, 0.6) is 0 Å². The first-order valence-corrected chi connectivity index (χ1v) is 10.7. The number of piperazine rings is 1. The highest BCUT2D eigenvalue weighted by atomic mass is 16.5. The molecule has 1 aliphatic rings. The van der Waals surface area contributed by atoms with Gasteiger partial charge in [-0.1, -0.05) is 13.0 Å². The number of anilines is 3. The van der Waals surface area contributed by atoms with Crippen LogP contribution >= 0.6 is 0 Å². The molecule has 0 saturated carbocycles. The standard InChI is InChI=1S/C21H30N8O/c1-4-16-14-28(9-8-22-16)21-25-17-13-24-29(10-11-30-5-2)19(17)20(27-21)26-18-7-6-15(3)12-23-18/h6-7,12-13,16,22H,4-5,8-11,14H2,1-3H3,(H,23,25,26,27)/t16-/m1/s1. The van der Waals surface area contributed by atoms with E-state index in [0.717, 1.165) is 54.4 Å². The van der Waals surface area contributed by atoms with Crippen molar-refractivity contribution < 1.29 is 4.74 Å². The molecule has 9 heteroatoms. The van der Waals surface area contributed by atoms with Gasteiger partial charge in [-0.25, -0.2) is 9.97 Å². The second-order valence-electron chi connectivity index (χ2n) is 7.52. The van der Waals surface area contributed by atoms with Crippen LogP contribution in [0.4, 0.5) is 17.6 Å². The lowest BCUT2D eigenvalue weighted by Gasteiger charge is -2.33. The number of aromatic nitrogens is 5. The molecule has 3 aromatic heterocycles. The molecule has 0 spiro atoms. The average Bonchev–Trinajstić information content (AvgIpc) is 3.19. The number of nitrogens with one attached hydrogen (secondary N) is 2. The SMILES string of the molecule is CCOCCn1ncc2nc(N3CCN[C@H](CC)C3)nc(Nc3ccc(C)cn3)c21. The summed E-state index contributed by atoms with van der Waals surface area (Å²) in [5.74, 6) is 2.18. The molecule has 0 radical (unpaired) electrons. The lowest BCUT2D eigenvalue weighted by molar-refractivity contribution is 0.137. The molecule has 0 aromatic carbocycles. The molecule has 0 bridgehead atoms. The van der Waals surface area contributed by atoms with Gasteiger partial charge in [-0.2, -0.15) is 10.1 Å². The fourth-order valence-corrected chi connectivity index (χ4v) is 3.62. The maximum atomic E-state index is 5.52. The molecule has 0 unspecified atom stereocenters. The number of nitrogens with zero attached hydrogens (tertiary/aromatic N) is 6. The number of rotatable bonds is 8. The van der Waals surface area contributed by atoms with Gasteiger partial charge in [-0.3, -0.25) is 4.68 Å². The summed E-state index contributed by atoms with van der Waals surface area (Å²) in [5, 5.41) is 11.5. The molecular weight excluding hydrogens is 380 g/mol. The molecule has 160 valence electrons. The normalized spacial score (nSPS) is 16.9. The van der Waals surface area contributed by atoms with E-state index in [0.29, 0.717) is 31.6 Å². The van der Waals surface area contributed by atoms with Gasteiger partial charge in [0, 0.05) is 38.5 Å². The summed E-state index contributed by atoms with van der Waals surface area (Å²) in [7, 11) is 0. The van der Waals surface area contributed by atoms with Crippen LogP contribution in [0.3, 0.4) is 0 Å². The first-order valence-electron chi connectivity index (χ1n) is 10.7. The molecule has 1 atom stereocenters. The van der Waals surface area contributed by atoms with Crippen LogP contribution in [0.1, 0.15) is 25.8 Å². The fourth-order valence-electron chi connectivity index (χ4n) is 3.62. The van der Waals surface area contributed by atoms with E-state index in [1.54, 1.807) is 6.20 Å². The van der Waals surface area contributed by atoms with E-state index in [1.807, 2.05) is 36.9 Å². The van der Waals surface area contributed by atoms with E-state index in [-0.39, 0.29) is 0 Å². The minimum atomic E-state index is 0.446. The van der Waals surface area contributed by atoms with Gasteiger partial charge >= 0.3 is 0 Å². The highest BCUT2D eigenvalue weighted by Crippen LogP contribution is 2.26. The number of aryl methyl sites for hydroxylation is 1. The van der Waals surface area contributed by atoms with E-state index >= 15 is 0 Å². The van der Waals surface area contributed by atoms with Crippen molar-refractivity contribution >= 4 is 28.6 Å². The maximum Gasteiger partial charge on any atom is 0.228 e.